The van der Waals surface area contributed by atoms with Gasteiger partial charge in [-0.1, -0.05) is 86.0 Å². The zero-order chi connectivity index (χ0) is 53.4. The first kappa shape index (κ1) is 55.5. The monoisotopic (exact) mass is 1010 g/mol. The fourth-order valence-corrected chi connectivity index (χ4v) is 7.19. The van der Waals surface area contributed by atoms with Gasteiger partial charge in [0.15, 0.2) is 12.2 Å². The van der Waals surface area contributed by atoms with Crippen LogP contribution >= 0.6 is 0 Å². The van der Waals surface area contributed by atoms with E-state index >= 15 is 0 Å². The molecular formula is C61H62N2O12. The minimum atomic E-state index is -0.872. The molecule has 0 radical (unpaired) electrons. The maximum Gasteiger partial charge on any atom is 0.333 e. The van der Waals surface area contributed by atoms with Gasteiger partial charge in [-0.2, -0.15) is 5.26 Å². The Labute approximate surface area is 438 Å². The summed E-state index contributed by atoms with van der Waals surface area (Å²) >= 11 is 0. The van der Waals surface area contributed by atoms with Crippen molar-refractivity contribution in [3.8, 4) is 62.4 Å². The molecule has 75 heavy (non-hydrogen) atoms. The average Bonchev–Trinajstić information content (AvgIpc) is 3.42. The van der Waals surface area contributed by atoms with E-state index in [-0.39, 0.29) is 50.4 Å². The van der Waals surface area contributed by atoms with E-state index in [0.29, 0.717) is 67.4 Å². The van der Waals surface area contributed by atoms with Gasteiger partial charge in [-0.15, -0.1) is 0 Å². The third-order valence-corrected chi connectivity index (χ3v) is 11.4. The lowest BCUT2D eigenvalue weighted by molar-refractivity contribution is -0.159. The van der Waals surface area contributed by atoms with Crippen LogP contribution in [0.1, 0.15) is 57.9 Å². The molecule has 0 aliphatic heterocycles. The van der Waals surface area contributed by atoms with Crippen LogP contribution < -0.4 is 24.7 Å². The highest BCUT2D eigenvalue weighted by Gasteiger charge is 2.21. The lowest BCUT2D eigenvalue weighted by atomic mass is 10.0. The third kappa shape index (κ3) is 18.9. The Bertz CT molecular complexity index is 2860. The number of nitrogen functional groups attached to an aromatic ring is 1. The van der Waals surface area contributed by atoms with Crippen molar-refractivity contribution in [3.63, 3.8) is 0 Å². The molecule has 0 amide bonds. The predicted molar refractivity (Wildman–Crippen MR) is 286 cm³/mol. The highest BCUT2D eigenvalue weighted by molar-refractivity contribution is 5.87. The number of nitrogens with two attached hydrogens (primary N) is 1. The first-order valence-electron chi connectivity index (χ1n) is 24.6. The van der Waals surface area contributed by atoms with E-state index in [9.17, 15) is 19.2 Å². The average molecular weight is 1020 g/mol. The molecular weight excluding hydrogens is 953 g/mol. The maximum atomic E-state index is 12.9. The fourth-order valence-electron chi connectivity index (χ4n) is 7.19. The summed E-state index contributed by atoms with van der Waals surface area (Å²) in [5.41, 5.74) is 13.4. The largest absolute Gasteiger partial charge is 0.494 e. The summed E-state index contributed by atoms with van der Waals surface area (Å²) in [6.07, 6.45) is 0.805. The second kappa shape index (κ2) is 29.0. The summed E-state index contributed by atoms with van der Waals surface area (Å²) in [6.45, 7) is 10.6. The molecule has 2 atom stereocenters. The molecule has 0 aliphatic rings. The van der Waals surface area contributed by atoms with E-state index in [0.717, 1.165) is 39.1 Å². The highest BCUT2D eigenvalue weighted by atomic mass is 16.6. The van der Waals surface area contributed by atoms with Crippen LogP contribution in [-0.2, 0) is 38.1 Å². The molecule has 0 aliphatic carbocycles. The van der Waals surface area contributed by atoms with Gasteiger partial charge in [-0.25, -0.2) is 9.59 Å². The molecule has 0 bridgehead atoms. The van der Waals surface area contributed by atoms with Crippen molar-refractivity contribution in [2.75, 3.05) is 45.4 Å². The number of nitrogens with zero attached hydrogens (tertiary/aromatic N) is 1. The Kier molecular flexibility index (Phi) is 21.5. The number of carbonyl (C=O) groups is 4. The molecule has 6 rings (SSSR count). The predicted octanol–water partition coefficient (Wildman–Crippen LogP) is 11.5. The molecule has 0 saturated heterocycles. The Morgan fingerprint density at radius 2 is 0.760 bits per heavy atom. The zero-order valence-corrected chi connectivity index (χ0v) is 42.3. The van der Waals surface area contributed by atoms with Gasteiger partial charge < -0.3 is 43.6 Å². The number of unbranched alkanes of at least 4 members (excludes halogenated alkanes) is 2. The van der Waals surface area contributed by atoms with Crippen LogP contribution in [0.25, 0.3) is 33.4 Å². The van der Waals surface area contributed by atoms with Gasteiger partial charge >= 0.3 is 23.9 Å². The van der Waals surface area contributed by atoms with Crippen LogP contribution in [0, 0.1) is 11.3 Å². The SMILES string of the molecule is C=C(C)C(=O)OCC(COc1ccc(-c2ccc(OCC(COC(=O)C(=C)C)OC(=O)CCCCOc3ccc(-c4ccc(C#N)cc4)cc3)cc2)cc1)OC(=O)CCCCOc1ccc(-c2ccc(N)cc2)cc1. The summed E-state index contributed by atoms with van der Waals surface area (Å²) < 4.78 is 45.7. The molecule has 388 valence electrons. The zero-order valence-electron chi connectivity index (χ0n) is 42.3. The number of rotatable bonds is 29. The van der Waals surface area contributed by atoms with Crippen LogP contribution in [0.15, 0.2) is 170 Å². The van der Waals surface area contributed by atoms with Crippen molar-refractivity contribution in [2.45, 2.75) is 64.6 Å². The normalized spacial score (nSPS) is 11.4. The van der Waals surface area contributed by atoms with E-state index in [4.69, 9.17) is 48.9 Å². The van der Waals surface area contributed by atoms with Crippen LogP contribution in [0.5, 0.6) is 23.0 Å². The first-order chi connectivity index (χ1) is 36.3. The van der Waals surface area contributed by atoms with Gasteiger partial charge in [0.05, 0.1) is 24.8 Å². The van der Waals surface area contributed by atoms with Crippen LogP contribution in [0.2, 0.25) is 0 Å². The van der Waals surface area contributed by atoms with Gasteiger partial charge in [-0.3, -0.25) is 9.59 Å². The van der Waals surface area contributed by atoms with Crippen molar-refractivity contribution < 1.29 is 57.1 Å². The minimum Gasteiger partial charge on any atom is -0.494 e. The van der Waals surface area contributed by atoms with Crippen molar-refractivity contribution in [1.82, 2.24) is 0 Å². The fraction of sp³-hybridized carbons (Fsp3) is 0.262. The maximum absolute atomic E-state index is 12.9. The van der Waals surface area contributed by atoms with E-state index < -0.39 is 36.1 Å². The van der Waals surface area contributed by atoms with Crippen LogP contribution in [0.4, 0.5) is 5.69 Å². The summed E-state index contributed by atoms with van der Waals surface area (Å²) in [5, 5.41) is 9.04. The number of hydrogen-bond acceptors (Lipinski definition) is 14. The lowest BCUT2D eigenvalue weighted by Crippen LogP contribution is -2.31. The van der Waals surface area contributed by atoms with Crippen molar-refractivity contribution in [3.05, 3.63) is 175 Å². The van der Waals surface area contributed by atoms with E-state index in [1.54, 1.807) is 36.4 Å². The standard InChI is InChI=1S/C61H62N2O12/c1-42(2)60(66)72-40-56(74-58(64)9-5-7-35-68-52-27-17-47(18-28-52)45-13-11-44(37-62)12-14-45)38-70-54-31-21-49(22-32-54)50-23-33-55(34-24-50)71-39-57(41-73-61(67)43(3)4)75-59(65)10-6-8-36-69-53-29-19-48(20-30-53)46-15-25-51(63)26-16-46/h11-34,56-57H,1,3,5-10,35-36,38-41,63H2,2,4H3. The number of benzene rings is 6. The summed E-state index contributed by atoms with van der Waals surface area (Å²) in [7, 11) is 0. The molecule has 6 aromatic carbocycles. The number of nitriles is 1. The molecule has 2 unspecified atom stereocenters. The molecule has 0 fully saturated rings. The molecule has 6 aromatic rings. The number of esters is 4. The molecule has 2 N–H and O–H groups in total. The Morgan fingerprint density at radius 3 is 1.08 bits per heavy atom. The van der Waals surface area contributed by atoms with Crippen LogP contribution in [0.3, 0.4) is 0 Å². The number of ether oxygens (including phenoxy) is 8. The molecule has 0 heterocycles. The first-order valence-corrected chi connectivity index (χ1v) is 24.6. The Hall–Kier alpha value is -8.83. The molecule has 0 aromatic heterocycles. The van der Waals surface area contributed by atoms with Crippen molar-refractivity contribution in [1.29, 1.82) is 5.26 Å². The molecule has 14 heteroatoms. The van der Waals surface area contributed by atoms with Crippen LogP contribution in [-0.4, -0.2) is 75.7 Å². The Balaban J connectivity index is 0.916. The van der Waals surface area contributed by atoms with E-state index in [1.165, 1.54) is 13.8 Å². The quantitative estimate of drug-likeness (QED) is 0.0153. The molecule has 0 spiro atoms. The highest BCUT2D eigenvalue weighted by Crippen LogP contribution is 2.27. The third-order valence-electron chi connectivity index (χ3n) is 11.4. The second-order valence-electron chi connectivity index (χ2n) is 17.6. The smallest absolute Gasteiger partial charge is 0.333 e. The minimum absolute atomic E-state index is 0.0620. The number of carbonyl (C=O) groups excluding carboxylic acids is 4. The van der Waals surface area contributed by atoms with Gasteiger partial charge in [0.25, 0.3) is 0 Å². The van der Waals surface area contributed by atoms with Crippen molar-refractivity contribution >= 4 is 29.6 Å². The van der Waals surface area contributed by atoms with Crippen molar-refractivity contribution in [2.24, 2.45) is 0 Å². The van der Waals surface area contributed by atoms with Gasteiger partial charge in [0.1, 0.15) is 49.4 Å². The van der Waals surface area contributed by atoms with Gasteiger partial charge in [-0.05, 0) is 146 Å². The summed E-state index contributed by atoms with van der Waals surface area (Å²) in [4.78, 5) is 50.1. The topological polar surface area (TPSA) is 192 Å². The summed E-state index contributed by atoms with van der Waals surface area (Å²) in [6, 6.07) is 47.2. The van der Waals surface area contributed by atoms with Gasteiger partial charge in [0.2, 0.25) is 0 Å². The number of anilines is 1. The summed E-state index contributed by atoms with van der Waals surface area (Å²) in [5.74, 6) is 0.314. The molecule has 14 nitrogen and oxygen atoms in total. The Morgan fingerprint density at radius 1 is 0.453 bits per heavy atom. The van der Waals surface area contributed by atoms with E-state index in [2.05, 4.69) is 19.2 Å². The molecule has 0 saturated carbocycles. The number of hydrogen-bond donors (Lipinski definition) is 1. The second-order valence-corrected chi connectivity index (χ2v) is 17.6. The van der Waals surface area contributed by atoms with Gasteiger partial charge in [0, 0.05) is 29.7 Å². The van der Waals surface area contributed by atoms with E-state index in [1.807, 2.05) is 109 Å². The lowest BCUT2D eigenvalue weighted by Gasteiger charge is -2.19.